The maximum atomic E-state index is 14.0. The zero-order valence-corrected chi connectivity index (χ0v) is 39.2. The number of thiazole rings is 1. The smallest absolute Gasteiger partial charge is 0.243 e. The van der Waals surface area contributed by atoms with Crippen LogP contribution in [-0.2, 0) is 35.2 Å². The molecule has 2 aliphatic heterocycles. The number of aliphatic hydroxyl groups excluding tert-OH is 4. The molecule has 7 rings (SSSR count). The molecule has 5 aromatic rings. The highest BCUT2D eigenvalue weighted by molar-refractivity contribution is 7.13. The van der Waals surface area contributed by atoms with Crippen LogP contribution in [0.1, 0.15) is 75.6 Å². The zero-order valence-electron chi connectivity index (χ0n) is 37.6. The number of likely N-dealkylation sites (tertiary alicyclic amines) is 1. The van der Waals surface area contributed by atoms with Gasteiger partial charge < -0.3 is 55.2 Å². The number of hydrogen-bond donors (Lipinski definition) is 6. The Kier molecular flexibility index (Phi) is 15.7. The number of nitrogen functional groups attached to an aromatic ring is 1. The molecular weight excluding hydrogens is 906 g/mol. The minimum absolute atomic E-state index is 0.0410. The number of aliphatic hydroxyl groups is 4. The van der Waals surface area contributed by atoms with Gasteiger partial charge in [-0.1, -0.05) is 62.7 Å². The Labute approximate surface area is 396 Å². The van der Waals surface area contributed by atoms with E-state index >= 15 is 0 Å². The van der Waals surface area contributed by atoms with Crippen molar-refractivity contribution >= 4 is 63.2 Å². The van der Waals surface area contributed by atoms with Crippen LogP contribution in [0.25, 0.3) is 21.5 Å². The number of carbonyl (C=O) groups is 4. The standard InChI is InChI=1S/C47H56ClN7O11S/c1-25-41(67-24-53-25)27-9-7-26(8-10-27)19-50-44(62)35-18-30(57)20-55(35)45(63)33(47(2,3)4)17-31(58)22-64-21-29(56)6-5-15-65-36-16-28(11-12-34(36)48)37(59)40-38(60)39(61)46(66-40)54-14-13-32-42(49)51-23-52-43(32)54/h7-14,16,23-24,30,33,35,37-40,46,57,59-61H,5-6,15,17-22H2,1-4H3,(H,50,62)(H2,49,51,52)/t30-,33-,35+,37-,38+,39-,40-,46-/m1/s1. The van der Waals surface area contributed by atoms with E-state index in [0.717, 1.165) is 21.7 Å². The molecule has 8 atom stereocenters. The van der Waals surface area contributed by atoms with Crippen LogP contribution in [0.5, 0.6) is 5.75 Å². The quantitative estimate of drug-likeness (QED) is 0.0637. The summed E-state index contributed by atoms with van der Waals surface area (Å²) in [5, 5.41) is 47.3. The van der Waals surface area contributed by atoms with Crippen LogP contribution in [-0.4, -0.2) is 125 Å². The lowest BCUT2D eigenvalue weighted by Crippen LogP contribution is -2.50. The molecule has 0 unspecified atom stereocenters. The predicted molar refractivity (Wildman–Crippen MR) is 248 cm³/mol. The number of rotatable bonds is 19. The van der Waals surface area contributed by atoms with Gasteiger partial charge >= 0.3 is 0 Å². The first kappa shape index (κ1) is 49.5. The topological polar surface area (TPSA) is 262 Å². The number of Topliss-reactive ketones (excluding diaryl/α,β-unsaturated/α-hetero) is 2. The van der Waals surface area contributed by atoms with Gasteiger partial charge in [0.1, 0.15) is 67.2 Å². The third kappa shape index (κ3) is 11.5. The summed E-state index contributed by atoms with van der Waals surface area (Å²) in [5.41, 5.74) is 10.6. The van der Waals surface area contributed by atoms with Crippen molar-refractivity contribution in [3.63, 3.8) is 0 Å². The Hall–Kier alpha value is -5.38. The number of aryl methyl sites for hydroxylation is 1. The molecule has 3 aromatic heterocycles. The molecule has 0 radical (unpaired) electrons. The van der Waals surface area contributed by atoms with Gasteiger partial charge in [0.15, 0.2) is 17.8 Å². The van der Waals surface area contributed by atoms with Gasteiger partial charge in [0, 0.05) is 44.5 Å². The molecule has 0 bridgehead atoms. The number of amides is 2. The van der Waals surface area contributed by atoms with Crippen LogP contribution in [0, 0.1) is 18.3 Å². The number of nitrogens with zero attached hydrogens (tertiary/aromatic N) is 5. The van der Waals surface area contributed by atoms with E-state index in [1.165, 1.54) is 34.0 Å². The van der Waals surface area contributed by atoms with E-state index in [-0.39, 0.29) is 74.4 Å². The third-order valence-corrected chi connectivity index (χ3v) is 13.4. The average Bonchev–Trinajstić information content (AvgIpc) is 4.09. The molecule has 2 aliphatic rings. The van der Waals surface area contributed by atoms with Crippen LogP contribution in [0.4, 0.5) is 5.82 Å². The van der Waals surface area contributed by atoms with E-state index in [1.54, 1.807) is 29.1 Å². The van der Waals surface area contributed by atoms with Gasteiger partial charge in [-0.15, -0.1) is 11.3 Å². The Bertz CT molecular complexity index is 2570. The first-order valence-corrected chi connectivity index (χ1v) is 23.2. The number of ketones is 2. The number of β-amino-alcohol motifs (C(OH)–C–C–N with tert-alkyl or cyclic N) is 1. The first-order chi connectivity index (χ1) is 31.9. The molecule has 2 fully saturated rings. The number of halogens is 1. The van der Waals surface area contributed by atoms with Crippen molar-refractivity contribution in [3.8, 4) is 16.2 Å². The molecular formula is C47H56ClN7O11S. The van der Waals surface area contributed by atoms with Crippen LogP contribution in [0.3, 0.4) is 0 Å². The number of benzene rings is 2. The fourth-order valence-electron chi connectivity index (χ4n) is 8.40. The van der Waals surface area contributed by atoms with Crippen LogP contribution >= 0.6 is 22.9 Å². The van der Waals surface area contributed by atoms with Crippen molar-refractivity contribution in [2.24, 2.45) is 11.3 Å². The highest BCUT2D eigenvalue weighted by atomic mass is 35.5. The molecule has 2 saturated heterocycles. The van der Waals surface area contributed by atoms with Crippen LogP contribution in [0.2, 0.25) is 5.02 Å². The van der Waals surface area contributed by atoms with Crippen molar-refractivity contribution in [1.82, 2.24) is 29.7 Å². The maximum absolute atomic E-state index is 14.0. The molecule has 2 amide bonds. The summed E-state index contributed by atoms with van der Waals surface area (Å²) in [6.07, 6.45) is -4.42. The Balaban J connectivity index is 0.846. The van der Waals surface area contributed by atoms with Gasteiger partial charge in [0.2, 0.25) is 11.8 Å². The maximum Gasteiger partial charge on any atom is 0.243 e. The number of fused-ring (bicyclic) bond motifs is 1. The summed E-state index contributed by atoms with van der Waals surface area (Å²) >= 11 is 7.94. The van der Waals surface area contributed by atoms with E-state index in [1.807, 2.05) is 52.0 Å². The second-order valence-electron chi connectivity index (χ2n) is 18.0. The monoisotopic (exact) mass is 961 g/mol. The number of anilines is 1. The third-order valence-electron chi connectivity index (χ3n) is 12.1. The molecule has 0 spiro atoms. The average molecular weight is 963 g/mol. The molecule has 67 heavy (non-hydrogen) atoms. The Morgan fingerprint density at radius 3 is 2.48 bits per heavy atom. The lowest BCUT2D eigenvalue weighted by Gasteiger charge is -2.34. The lowest BCUT2D eigenvalue weighted by molar-refractivity contribution is -0.147. The minimum atomic E-state index is -1.47. The van der Waals surface area contributed by atoms with Crippen molar-refractivity contribution in [2.45, 2.75) is 103 Å². The number of nitrogens with two attached hydrogens (primary N) is 1. The van der Waals surface area contributed by atoms with E-state index in [9.17, 15) is 39.6 Å². The highest BCUT2D eigenvalue weighted by Gasteiger charge is 2.48. The van der Waals surface area contributed by atoms with E-state index in [4.69, 9.17) is 31.5 Å². The fraction of sp³-hybridized carbons (Fsp3) is 0.468. The molecule has 0 saturated carbocycles. The highest BCUT2D eigenvalue weighted by Crippen LogP contribution is 2.40. The van der Waals surface area contributed by atoms with Crippen molar-refractivity contribution in [3.05, 3.63) is 88.4 Å². The number of nitrogens with one attached hydrogen (secondary N) is 1. The van der Waals surface area contributed by atoms with E-state index in [0.29, 0.717) is 16.6 Å². The summed E-state index contributed by atoms with van der Waals surface area (Å²) in [6, 6.07) is 13.1. The predicted octanol–water partition coefficient (Wildman–Crippen LogP) is 4.10. The van der Waals surface area contributed by atoms with Gasteiger partial charge in [-0.25, -0.2) is 15.0 Å². The number of hydrogen-bond acceptors (Lipinski definition) is 16. The normalized spacial score (nSPS) is 21.7. The molecule has 7 N–H and O–H groups in total. The SMILES string of the molecule is Cc1ncsc1-c1ccc(CNC(=O)[C@@H]2C[C@@H](O)CN2C(=O)[C@@H](CC(=O)COCC(=O)CCCOc2cc([C@@H](O)[C@H]3O[C@@H](n4ccc5c(N)ncnc54)[C@H](O)[C@@H]3O)ccc2Cl)C(C)(C)C)cc1. The Morgan fingerprint density at radius 1 is 1.01 bits per heavy atom. The van der Waals surface area contributed by atoms with Crippen LogP contribution < -0.4 is 15.8 Å². The van der Waals surface area contributed by atoms with Gasteiger partial charge in [-0.05, 0) is 53.6 Å². The second kappa shape index (κ2) is 21.3. The number of aromatic nitrogens is 4. The summed E-state index contributed by atoms with van der Waals surface area (Å²) < 4.78 is 18.8. The lowest BCUT2D eigenvalue weighted by atomic mass is 9.77. The van der Waals surface area contributed by atoms with E-state index in [2.05, 4.69) is 20.3 Å². The summed E-state index contributed by atoms with van der Waals surface area (Å²) in [6.45, 7) is 6.95. The minimum Gasteiger partial charge on any atom is -0.492 e. The summed E-state index contributed by atoms with van der Waals surface area (Å²) in [7, 11) is 0. The van der Waals surface area contributed by atoms with Gasteiger partial charge in [0.25, 0.3) is 0 Å². The number of carbonyl (C=O) groups excluding carboxylic acids is 4. The van der Waals surface area contributed by atoms with E-state index < -0.39 is 78.3 Å². The molecule has 18 nitrogen and oxygen atoms in total. The molecule has 2 aromatic carbocycles. The van der Waals surface area contributed by atoms with Crippen molar-refractivity contribution < 1.29 is 53.8 Å². The van der Waals surface area contributed by atoms with Gasteiger partial charge in [0.05, 0.1) is 39.2 Å². The fourth-order valence-corrected chi connectivity index (χ4v) is 9.38. The first-order valence-electron chi connectivity index (χ1n) is 22.0. The van der Waals surface area contributed by atoms with Crippen LogP contribution in [0.15, 0.2) is 66.6 Å². The second-order valence-corrected chi connectivity index (χ2v) is 19.3. The largest absolute Gasteiger partial charge is 0.492 e. The van der Waals surface area contributed by atoms with Crippen molar-refractivity contribution in [2.75, 3.05) is 32.1 Å². The molecule has 0 aliphatic carbocycles. The molecule has 358 valence electrons. The molecule has 5 heterocycles. The Morgan fingerprint density at radius 2 is 1.76 bits per heavy atom. The van der Waals surface area contributed by atoms with Crippen molar-refractivity contribution in [1.29, 1.82) is 0 Å². The van der Waals surface area contributed by atoms with Gasteiger partial charge in [-0.2, -0.15) is 0 Å². The summed E-state index contributed by atoms with van der Waals surface area (Å²) in [5.74, 6) is -1.87. The summed E-state index contributed by atoms with van der Waals surface area (Å²) in [4.78, 5) is 68.3. The zero-order chi connectivity index (χ0) is 48.2. The number of ether oxygens (including phenoxy) is 3. The molecule has 20 heteroatoms. The van der Waals surface area contributed by atoms with Gasteiger partial charge in [-0.3, -0.25) is 19.2 Å².